The van der Waals surface area contributed by atoms with E-state index in [1.807, 2.05) is 24.3 Å². The fourth-order valence-corrected chi connectivity index (χ4v) is 5.24. The highest BCUT2D eigenvalue weighted by atomic mass is 32.1. The zero-order chi connectivity index (χ0) is 22.2. The minimum atomic E-state index is -0.199. The molecule has 1 saturated heterocycles. The standard InChI is InChI=1S/C22H23N5O4S/c1-14-23-22-27(24-14)21(29)19(32-22)18(15-5-7-16(30-2)8-6-15)25-9-11-26(12-10-25)20(28)17-4-3-13-31-17/h3-8,13,18,29H,9-12H2,1-2H3/t18-/m0/s1. The second-order valence-electron chi connectivity index (χ2n) is 7.62. The summed E-state index contributed by atoms with van der Waals surface area (Å²) in [5.74, 6) is 1.73. The molecule has 1 amide bonds. The molecule has 0 aliphatic carbocycles. The summed E-state index contributed by atoms with van der Waals surface area (Å²) in [6, 6.07) is 11.0. The van der Waals surface area contributed by atoms with E-state index in [1.165, 1.54) is 22.1 Å². The number of hydrogen-bond acceptors (Lipinski definition) is 8. The Labute approximate surface area is 188 Å². The van der Waals surface area contributed by atoms with Crippen LogP contribution in [0.2, 0.25) is 0 Å². The molecular weight excluding hydrogens is 430 g/mol. The van der Waals surface area contributed by atoms with Crippen molar-refractivity contribution in [3.63, 3.8) is 0 Å². The van der Waals surface area contributed by atoms with Gasteiger partial charge < -0.3 is 19.2 Å². The molecule has 1 aliphatic rings. The number of thiazole rings is 1. The molecule has 4 heterocycles. The van der Waals surface area contributed by atoms with Gasteiger partial charge in [-0.1, -0.05) is 23.5 Å². The van der Waals surface area contributed by atoms with E-state index in [-0.39, 0.29) is 17.8 Å². The summed E-state index contributed by atoms with van der Waals surface area (Å²) in [5.41, 5.74) is 1.02. The number of aromatic nitrogens is 3. The summed E-state index contributed by atoms with van der Waals surface area (Å²) in [5, 5.41) is 15.3. The molecule has 0 spiro atoms. The number of carbonyl (C=O) groups is 1. The number of ether oxygens (including phenoxy) is 1. The van der Waals surface area contributed by atoms with Gasteiger partial charge in [-0.2, -0.15) is 4.52 Å². The normalized spacial score (nSPS) is 15.9. The molecule has 0 saturated carbocycles. The fourth-order valence-electron chi connectivity index (χ4n) is 4.08. The van der Waals surface area contributed by atoms with Crippen molar-refractivity contribution >= 4 is 22.2 Å². The fraction of sp³-hybridized carbons (Fsp3) is 0.318. The van der Waals surface area contributed by atoms with Gasteiger partial charge in [-0.25, -0.2) is 4.98 Å². The number of nitrogens with zero attached hydrogens (tertiary/aromatic N) is 5. The molecular formula is C22H23N5O4S. The number of piperazine rings is 1. The summed E-state index contributed by atoms with van der Waals surface area (Å²) >= 11 is 1.43. The van der Waals surface area contributed by atoms with Crippen molar-refractivity contribution in [2.45, 2.75) is 13.0 Å². The Morgan fingerprint density at radius 2 is 1.94 bits per heavy atom. The van der Waals surface area contributed by atoms with Crippen LogP contribution < -0.4 is 4.74 Å². The molecule has 1 N–H and O–H groups in total. The van der Waals surface area contributed by atoms with Crippen molar-refractivity contribution in [3.8, 4) is 11.6 Å². The number of rotatable bonds is 5. The summed E-state index contributed by atoms with van der Waals surface area (Å²) < 4.78 is 12.1. The van der Waals surface area contributed by atoms with Crippen LogP contribution in [0.4, 0.5) is 0 Å². The van der Waals surface area contributed by atoms with Crippen LogP contribution in [0.3, 0.4) is 0 Å². The molecule has 1 fully saturated rings. The van der Waals surface area contributed by atoms with Crippen LogP contribution in [-0.4, -0.2) is 68.7 Å². The molecule has 0 radical (unpaired) electrons. The maximum Gasteiger partial charge on any atom is 0.289 e. The summed E-state index contributed by atoms with van der Waals surface area (Å²) in [4.78, 5) is 22.6. The van der Waals surface area contributed by atoms with Crippen LogP contribution in [0.5, 0.6) is 11.6 Å². The van der Waals surface area contributed by atoms with Gasteiger partial charge in [0.2, 0.25) is 10.8 Å². The molecule has 3 aromatic heterocycles. The van der Waals surface area contributed by atoms with Crippen molar-refractivity contribution in [1.82, 2.24) is 24.4 Å². The number of carbonyl (C=O) groups excluding carboxylic acids is 1. The molecule has 1 atom stereocenters. The molecule has 0 bridgehead atoms. The average molecular weight is 454 g/mol. The van der Waals surface area contributed by atoms with E-state index in [2.05, 4.69) is 15.0 Å². The van der Waals surface area contributed by atoms with Gasteiger partial charge in [-0.15, -0.1) is 5.10 Å². The highest BCUT2D eigenvalue weighted by Crippen LogP contribution is 2.40. The number of amides is 1. The first-order valence-corrected chi connectivity index (χ1v) is 11.1. The zero-order valence-electron chi connectivity index (χ0n) is 17.8. The Kier molecular flexibility index (Phi) is 5.32. The van der Waals surface area contributed by atoms with Crippen molar-refractivity contribution in [1.29, 1.82) is 0 Å². The lowest BCUT2D eigenvalue weighted by Gasteiger charge is -2.38. The predicted octanol–water partition coefficient (Wildman–Crippen LogP) is 2.95. The van der Waals surface area contributed by atoms with Crippen molar-refractivity contribution < 1.29 is 19.1 Å². The van der Waals surface area contributed by atoms with Crippen LogP contribution in [0.25, 0.3) is 4.96 Å². The second-order valence-corrected chi connectivity index (χ2v) is 8.63. The molecule has 32 heavy (non-hydrogen) atoms. The highest BCUT2D eigenvalue weighted by Gasteiger charge is 2.33. The van der Waals surface area contributed by atoms with Gasteiger partial charge in [-0.3, -0.25) is 9.69 Å². The van der Waals surface area contributed by atoms with Gasteiger partial charge in [-0.05, 0) is 36.8 Å². The van der Waals surface area contributed by atoms with Gasteiger partial charge in [0, 0.05) is 26.2 Å². The van der Waals surface area contributed by atoms with Gasteiger partial charge in [0.1, 0.15) is 11.6 Å². The third-order valence-electron chi connectivity index (χ3n) is 5.68. The first-order valence-electron chi connectivity index (χ1n) is 10.3. The van der Waals surface area contributed by atoms with Crippen molar-refractivity contribution in [3.05, 3.63) is 64.7 Å². The van der Waals surface area contributed by atoms with Crippen LogP contribution in [0.15, 0.2) is 47.1 Å². The maximum atomic E-state index is 12.7. The Hall–Kier alpha value is -3.37. The van der Waals surface area contributed by atoms with Crippen molar-refractivity contribution in [2.75, 3.05) is 33.3 Å². The van der Waals surface area contributed by atoms with Gasteiger partial charge in [0.25, 0.3) is 5.91 Å². The second kappa shape index (κ2) is 8.29. The smallest absolute Gasteiger partial charge is 0.289 e. The minimum absolute atomic E-state index is 0.0977. The minimum Gasteiger partial charge on any atom is -0.497 e. The van der Waals surface area contributed by atoms with Gasteiger partial charge in [0.15, 0.2) is 5.76 Å². The van der Waals surface area contributed by atoms with Crippen LogP contribution in [0.1, 0.15) is 32.9 Å². The van der Waals surface area contributed by atoms with Crippen LogP contribution >= 0.6 is 11.3 Å². The van der Waals surface area contributed by atoms with E-state index in [1.54, 1.807) is 31.1 Å². The van der Waals surface area contributed by atoms with E-state index >= 15 is 0 Å². The zero-order valence-corrected chi connectivity index (χ0v) is 18.6. The molecule has 9 nitrogen and oxygen atoms in total. The highest BCUT2D eigenvalue weighted by molar-refractivity contribution is 7.17. The number of benzene rings is 1. The Balaban J connectivity index is 1.45. The lowest BCUT2D eigenvalue weighted by molar-refractivity contribution is 0.0568. The third kappa shape index (κ3) is 3.61. The van der Waals surface area contributed by atoms with E-state index in [9.17, 15) is 9.90 Å². The SMILES string of the molecule is COc1ccc([C@@H](c2sc3nc(C)nn3c2O)N2CCN(C(=O)c3ccco3)CC2)cc1. The predicted molar refractivity (Wildman–Crippen MR) is 118 cm³/mol. The molecule has 1 aromatic carbocycles. The van der Waals surface area contributed by atoms with Crippen LogP contribution in [-0.2, 0) is 0 Å². The Morgan fingerprint density at radius 1 is 1.19 bits per heavy atom. The number of hydrogen-bond donors (Lipinski definition) is 1. The summed E-state index contributed by atoms with van der Waals surface area (Å²) in [7, 11) is 1.63. The molecule has 166 valence electrons. The first kappa shape index (κ1) is 20.5. The molecule has 10 heteroatoms. The van der Waals surface area contributed by atoms with E-state index < -0.39 is 0 Å². The van der Waals surface area contributed by atoms with E-state index in [4.69, 9.17) is 9.15 Å². The third-order valence-corrected chi connectivity index (χ3v) is 6.76. The molecule has 5 rings (SSSR count). The molecule has 1 aliphatic heterocycles. The van der Waals surface area contributed by atoms with E-state index in [0.717, 1.165) is 16.2 Å². The monoisotopic (exact) mass is 453 g/mol. The van der Waals surface area contributed by atoms with E-state index in [0.29, 0.717) is 42.7 Å². The topological polar surface area (TPSA) is 96.3 Å². The summed E-state index contributed by atoms with van der Waals surface area (Å²) in [6.07, 6.45) is 1.51. The van der Waals surface area contributed by atoms with Crippen LogP contribution in [0, 0.1) is 6.92 Å². The molecule has 4 aromatic rings. The largest absolute Gasteiger partial charge is 0.497 e. The number of methoxy groups -OCH3 is 1. The Bertz CT molecular complexity index is 1220. The lowest BCUT2D eigenvalue weighted by Crippen LogP contribution is -2.49. The number of fused-ring (bicyclic) bond motifs is 1. The average Bonchev–Trinajstić information content (AvgIpc) is 3.54. The molecule has 0 unspecified atom stereocenters. The lowest BCUT2D eigenvalue weighted by atomic mass is 10.0. The quantitative estimate of drug-likeness (QED) is 0.496. The summed E-state index contributed by atoms with van der Waals surface area (Å²) in [6.45, 7) is 4.22. The maximum absolute atomic E-state index is 12.7. The van der Waals surface area contributed by atoms with Gasteiger partial charge in [0.05, 0.1) is 24.3 Å². The number of aryl methyl sites for hydroxylation is 1. The van der Waals surface area contributed by atoms with Crippen molar-refractivity contribution in [2.24, 2.45) is 0 Å². The Morgan fingerprint density at radius 3 is 2.56 bits per heavy atom. The first-order chi connectivity index (χ1) is 15.5. The number of furan rings is 1. The van der Waals surface area contributed by atoms with Gasteiger partial charge >= 0.3 is 0 Å². The number of aromatic hydroxyl groups is 1.